The Bertz CT molecular complexity index is 572. The molecule has 4 nitrogen and oxygen atoms in total. The van der Waals surface area contributed by atoms with Gasteiger partial charge >= 0.3 is 0 Å². The molecule has 4 saturated carbocycles. The molecule has 0 amide bonds. The van der Waals surface area contributed by atoms with Crippen LogP contribution in [0, 0.1) is 29.1 Å². The number of carbonyl (C=O) groups is 2. The summed E-state index contributed by atoms with van der Waals surface area (Å²) in [5.74, 6) is 1.34. The molecule has 4 rings (SSSR count). The van der Waals surface area contributed by atoms with E-state index >= 15 is 0 Å². The first-order valence-electron chi connectivity index (χ1n) is 9.21. The summed E-state index contributed by atoms with van der Waals surface area (Å²) in [6.07, 6.45) is 4.53. The third-order valence-electron chi connectivity index (χ3n) is 8.05. The standard InChI is InChI=1S/C19H28O4/c1-11-9-18(22)10-12(20)5-8-19(18,23)14-6-7-17(2)13(16(11)14)3-4-15(17)21/h11,13-14,16,22-23H,3-10H2,1-2H3/t11-,13+,14+,16+,17+,18?,19?/m1/s1. The molecule has 0 saturated heterocycles. The van der Waals surface area contributed by atoms with Crippen molar-refractivity contribution in [3.05, 3.63) is 0 Å². The van der Waals surface area contributed by atoms with E-state index < -0.39 is 11.2 Å². The summed E-state index contributed by atoms with van der Waals surface area (Å²) in [6, 6.07) is 0. The summed E-state index contributed by atoms with van der Waals surface area (Å²) in [4.78, 5) is 24.3. The van der Waals surface area contributed by atoms with Crippen LogP contribution in [0.25, 0.3) is 0 Å². The highest BCUT2D eigenvalue weighted by atomic mass is 16.4. The van der Waals surface area contributed by atoms with Gasteiger partial charge in [0.1, 0.15) is 17.2 Å². The van der Waals surface area contributed by atoms with Gasteiger partial charge in [-0.2, -0.15) is 0 Å². The van der Waals surface area contributed by atoms with Crippen LogP contribution in [0.15, 0.2) is 0 Å². The van der Waals surface area contributed by atoms with E-state index in [9.17, 15) is 19.8 Å². The zero-order valence-corrected chi connectivity index (χ0v) is 14.2. The summed E-state index contributed by atoms with van der Waals surface area (Å²) in [5, 5.41) is 22.6. The number of Topliss-reactive ketones (excluding diaryl/α,β-unsaturated/α-hetero) is 2. The Labute approximate surface area is 137 Å². The van der Waals surface area contributed by atoms with Gasteiger partial charge in [-0.3, -0.25) is 9.59 Å². The second-order valence-corrected chi connectivity index (χ2v) is 9.06. The van der Waals surface area contributed by atoms with Crippen molar-refractivity contribution in [1.82, 2.24) is 0 Å². The monoisotopic (exact) mass is 320 g/mol. The minimum atomic E-state index is -1.26. The molecular weight excluding hydrogens is 292 g/mol. The summed E-state index contributed by atoms with van der Waals surface area (Å²) in [7, 11) is 0. The van der Waals surface area contributed by atoms with Crippen molar-refractivity contribution in [3.63, 3.8) is 0 Å². The van der Waals surface area contributed by atoms with Gasteiger partial charge < -0.3 is 10.2 Å². The lowest BCUT2D eigenvalue weighted by molar-refractivity contribution is -0.260. The molecule has 0 aromatic heterocycles. The van der Waals surface area contributed by atoms with Crippen LogP contribution in [-0.4, -0.2) is 33.0 Å². The van der Waals surface area contributed by atoms with Crippen LogP contribution in [0.1, 0.15) is 65.2 Å². The fourth-order valence-electron chi connectivity index (χ4n) is 6.90. The van der Waals surface area contributed by atoms with E-state index in [2.05, 4.69) is 13.8 Å². The molecule has 4 fully saturated rings. The molecule has 0 aliphatic heterocycles. The average molecular weight is 320 g/mol. The zero-order chi connectivity index (χ0) is 16.6. The lowest BCUT2D eigenvalue weighted by Gasteiger charge is -2.63. The van der Waals surface area contributed by atoms with E-state index in [0.717, 1.165) is 19.3 Å². The second-order valence-electron chi connectivity index (χ2n) is 9.06. The smallest absolute Gasteiger partial charge is 0.139 e. The summed E-state index contributed by atoms with van der Waals surface area (Å²) >= 11 is 0. The number of rotatable bonds is 0. The van der Waals surface area contributed by atoms with Crippen molar-refractivity contribution in [2.24, 2.45) is 29.1 Å². The number of ketones is 2. The van der Waals surface area contributed by atoms with Gasteiger partial charge in [-0.25, -0.2) is 0 Å². The van der Waals surface area contributed by atoms with Crippen LogP contribution in [0.3, 0.4) is 0 Å². The van der Waals surface area contributed by atoms with Crippen molar-refractivity contribution in [2.75, 3.05) is 0 Å². The first kappa shape index (κ1) is 15.8. The quantitative estimate of drug-likeness (QED) is 0.718. The third kappa shape index (κ3) is 1.85. The Morgan fingerprint density at radius 1 is 1.04 bits per heavy atom. The van der Waals surface area contributed by atoms with Crippen LogP contribution in [0.5, 0.6) is 0 Å². The Balaban J connectivity index is 1.74. The van der Waals surface area contributed by atoms with Gasteiger partial charge in [-0.05, 0) is 55.8 Å². The Hall–Kier alpha value is -0.740. The predicted molar refractivity (Wildman–Crippen MR) is 84.6 cm³/mol. The Morgan fingerprint density at radius 3 is 2.52 bits per heavy atom. The maximum Gasteiger partial charge on any atom is 0.139 e. The topological polar surface area (TPSA) is 74.6 Å². The number of fused-ring (bicyclic) bond motifs is 5. The molecule has 4 aliphatic carbocycles. The van der Waals surface area contributed by atoms with Gasteiger partial charge in [0.25, 0.3) is 0 Å². The first-order chi connectivity index (χ1) is 10.7. The molecule has 0 spiro atoms. The maximum atomic E-state index is 12.4. The molecule has 2 unspecified atom stereocenters. The summed E-state index contributed by atoms with van der Waals surface area (Å²) < 4.78 is 0. The zero-order valence-electron chi connectivity index (χ0n) is 14.2. The molecule has 4 aliphatic rings. The van der Waals surface area contributed by atoms with Gasteiger partial charge in [0.15, 0.2) is 0 Å². The van der Waals surface area contributed by atoms with Gasteiger partial charge in [-0.1, -0.05) is 13.8 Å². The van der Waals surface area contributed by atoms with Crippen molar-refractivity contribution in [2.45, 2.75) is 76.4 Å². The van der Waals surface area contributed by atoms with Gasteiger partial charge in [0.05, 0.1) is 5.60 Å². The summed E-state index contributed by atoms with van der Waals surface area (Å²) in [5.41, 5.74) is -2.64. The second kappa shape index (κ2) is 4.66. The van der Waals surface area contributed by atoms with Crippen LogP contribution in [0.2, 0.25) is 0 Å². The average Bonchev–Trinajstić information content (AvgIpc) is 2.77. The van der Waals surface area contributed by atoms with Crippen molar-refractivity contribution in [3.8, 4) is 0 Å². The molecule has 0 bridgehead atoms. The van der Waals surface area contributed by atoms with Crippen molar-refractivity contribution < 1.29 is 19.8 Å². The minimum Gasteiger partial charge on any atom is -0.387 e. The van der Waals surface area contributed by atoms with Gasteiger partial charge in [-0.15, -0.1) is 0 Å². The van der Waals surface area contributed by atoms with E-state index in [-0.39, 0.29) is 29.5 Å². The summed E-state index contributed by atoms with van der Waals surface area (Å²) in [6.45, 7) is 4.26. The van der Waals surface area contributed by atoms with Crippen molar-refractivity contribution >= 4 is 11.6 Å². The fourth-order valence-corrected chi connectivity index (χ4v) is 6.90. The normalized spacial score (nSPS) is 56.0. The van der Waals surface area contributed by atoms with E-state index in [1.165, 1.54) is 0 Å². The number of hydrogen-bond donors (Lipinski definition) is 2. The number of hydrogen-bond acceptors (Lipinski definition) is 4. The van der Waals surface area contributed by atoms with Crippen LogP contribution in [-0.2, 0) is 9.59 Å². The van der Waals surface area contributed by atoms with Crippen LogP contribution in [0.4, 0.5) is 0 Å². The highest BCUT2D eigenvalue weighted by Crippen LogP contribution is 2.64. The highest BCUT2D eigenvalue weighted by molar-refractivity contribution is 5.87. The Kier molecular flexibility index (Phi) is 3.20. The number of aliphatic hydroxyl groups is 2. The maximum absolute atomic E-state index is 12.4. The molecule has 128 valence electrons. The lowest BCUT2D eigenvalue weighted by atomic mass is 9.45. The highest BCUT2D eigenvalue weighted by Gasteiger charge is 2.67. The van der Waals surface area contributed by atoms with E-state index in [4.69, 9.17) is 0 Å². The first-order valence-corrected chi connectivity index (χ1v) is 9.21. The molecule has 4 heteroatoms. The SMILES string of the molecule is C[C@@H]1CC2(O)CC(=O)CCC2(O)[C@H]2CC[C@]3(C)C(=O)CC[C@H]3[C@H]12. The molecule has 23 heavy (non-hydrogen) atoms. The van der Waals surface area contributed by atoms with Crippen LogP contribution >= 0.6 is 0 Å². The van der Waals surface area contributed by atoms with E-state index in [1.54, 1.807) is 0 Å². The van der Waals surface area contributed by atoms with Gasteiger partial charge in [0, 0.05) is 24.7 Å². The molecule has 0 aromatic carbocycles. The lowest BCUT2D eigenvalue weighted by Crippen LogP contribution is -2.69. The largest absolute Gasteiger partial charge is 0.387 e. The fraction of sp³-hybridized carbons (Fsp3) is 0.895. The molecular formula is C19H28O4. The molecule has 7 atom stereocenters. The Morgan fingerprint density at radius 2 is 1.78 bits per heavy atom. The van der Waals surface area contributed by atoms with E-state index in [1.807, 2.05) is 0 Å². The molecule has 0 aromatic rings. The minimum absolute atomic E-state index is 0.0216. The third-order valence-corrected chi connectivity index (χ3v) is 8.05. The van der Waals surface area contributed by atoms with Crippen LogP contribution < -0.4 is 0 Å². The van der Waals surface area contributed by atoms with Gasteiger partial charge in [0.2, 0.25) is 0 Å². The van der Waals surface area contributed by atoms with E-state index in [0.29, 0.717) is 43.3 Å². The molecule has 2 N–H and O–H groups in total. The molecule has 0 heterocycles. The predicted octanol–water partition coefficient (Wildman–Crippen LogP) is 2.25. The number of carbonyl (C=O) groups excluding carboxylic acids is 2. The molecule has 0 radical (unpaired) electrons. The van der Waals surface area contributed by atoms with Crippen molar-refractivity contribution in [1.29, 1.82) is 0 Å².